The smallest absolute Gasteiger partial charge is 0.285 e. The van der Waals surface area contributed by atoms with Crippen LogP contribution in [0.4, 0.5) is 0 Å². The van der Waals surface area contributed by atoms with Gasteiger partial charge in [0.2, 0.25) is 5.78 Å². The van der Waals surface area contributed by atoms with Gasteiger partial charge in [0.15, 0.2) is 11.5 Å². The van der Waals surface area contributed by atoms with Crippen LogP contribution >= 0.6 is 0 Å². The van der Waals surface area contributed by atoms with Crippen molar-refractivity contribution in [1.82, 2.24) is 25.4 Å². The van der Waals surface area contributed by atoms with Crippen LogP contribution in [0.25, 0.3) is 11.4 Å². The summed E-state index contributed by atoms with van der Waals surface area (Å²) in [4.78, 5) is 43.2. The quantitative estimate of drug-likeness (QED) is 0.401. The maximum absolute atomic E-state index is 12.7. The van der Waals surface area contributed by atoms with Crippen molar-refractivity contribution in [3.05, 3.63) is 54.1 Å². The maximum atomic E-state index is 12.7. The molecule has 132 valence electrons. The van der Waals surface area contributed by atoms with Crippen molar-refractivity contribution in [1.29, 1.82) is 0 Å². The van der Waals surface area contributed by atoms with E-state index in [1.807, 2.05) is 0 Å². The molecular weight excluding hydrogens is 336 g/mol. The predicted octanol–water partition coefficient (Wildman–Crippen LogP) is 0.681. The lowest BCUT2D eigenvalue weighted by molar-refractivity contribution is -0.138. The molecule has 3 rings (SSSR count). The summed E-state index contributed by atoms with van der Waals surface area (Å²) >= 11 is 0. The highest BCUT2D eigenvalue weighted by Gasteiger charge is 2.29. The Morgan fingerprint density at radius 2 is 2.00 bits per heavy atom. The maximum Gasteiger partial charge on any atom is 0.285 e. The molecule has 0 saturated heterocycles. The summed E-state index contributed by atoms with van der Waals surface area (Å²) in [5.41, 5.74) is 6.77. The van der Waals surface area contributed by atoms with Gasteiger partial charge in [0.1, 0.15) is 5.69 Å². The van der Waals surface area contributed by atoms with Gasteiger partial charge in [0.05, 0.1) is 5.69 Å². The summed E-state index contributed by atoms with van der Waals surface area (Å²) in [6.45, 7) is 0. The molecule has 0 aliphatic carbocycles. The molecule has 26 heavy (non-hydrogen) atoms. The fraction of sp³-hybridized carbons (Fsp3) is 0.176. The predicted molar refractivity (Wildman–Crippen MR) is 90.7 cm³/mol. The van der Waals surface area contributed by atoms with Crippen LogP contribution in [0.2, 0.25) is 0 Å². The highest BCUT2D eigenvalue weighted by Crippen LogP contribution is 2.21. The SMILES string of the molecule is NC(=O)C(=O)C(CC(=O)c1n[nH]nc1-c1ccccn1)Cc1cc[nH]c1. The fourth-order valence-electron chi connectivity index (χ4n) is 2.66. The number of nitrogens with one attached hydrogen (secondary N) is 2. The van der Waals surface area contributed by atoms with E-state index in [9.17, 15) is 14.4 Å². The Morgan fingerprint density at radius 1 is 1.15 bits per heavy atom. The van der Waals surface area contributed by atoms with E-state index in [2.05, 4.69) is 25.4 Å². The van der Waals surface area contributed by atoms with Crippen LogP contribution < -0.4 is 5.73 Å². The van der Waals surface area contributed by atoms with Crippen LogP contribution in [0.5, 0.6) is 0 Å². The average Bonchev–Trinajstić information content (AvgIpc) is 3.32. The van der Waals surface area contributed by atoms with Crippen molar-refractivity contribution < 1.29 is 14.4 Å². The second kappa shape index (κ2) is 7.51. The van der Waals surface area contributed by atoms with Gasteiger partial charge in [-0.05, 0) is 30.2 Å². The van der Waals surface area contributed by atoms with Gasteiger partial charge in [-0.2, -0.15) is 15.4 Å². The van der Waals surface area contributed by atoms with E-state index >= 15 is 0 Å². The summed E-state index contributed by atoms with van der Waals surface area (Å²) in [6, 6.07) is 6.96. The Hall–Kier alpha value is -3.62. The Kier molecular flexibility index (Phi) is 4.97. The molecular formula is C17H16N6O3. The van der Waals surface area contributed by atoms with Crippen molar-refractivity contribution in [3.63, 3.8) is 0 Å². The second-order valence-corrected chi connectivity index (χ2v) is 5.71. The summed E-state index contributed by atoms with van der Waals surface area (Å²) in [5, 5.41) is 10.3. The minimum atomic E-state index is -1.07. The topological polar surface area (TPSA) is 147 Å². The summed E-state index contributed by atoms with van der Waals surface area (Å²) < 4.78 is 0. The fourth-order valence-corrected chi connectivity index (χ4v) is 2.66. The van der Waals surface area contributed by atoms with Crippen LogP contribution in [0.15, 0.2) is 42.9 Å². The first kappa shape index (κ1) is 17.2. The molecule has 0 aliphatic heterocycles. The first-order chi connectivity index (χ1) is 12.6. The number of nitrogens with zero attached hydrogens (tertiary/aromatic N) is 3. The third-order valence-electron chi connectivity index (χ3n) is 3.91. The number of aromatic nitrogens is 5. The van der Waals surface area contributed by atoms with Gasteiger partial charge < -0.3 is 10.7 Å². The Balaban J connectivity index is 1.83. The minimum absolute atomic E-state index is 0.0695. The molecule has 1 amide bonds. The highest BCUT2D eigenvalue weighted by atomic mass is 16.2. The molecule has 0 saturated carbocycles. The molecule has 1 unspecified atom stereocenters. The van der Waals surface area contributed by atoms with Crippen LogP contribution in [-0.2, 0) is 16.0 Å². The third-order valence-corrected chi connectivity index (χ3v) is 3.91. The van der Waals surface area contributed by atoms with E-state index in [1.54, 1.807) is 42.9 Å². The van der Waals surface area contributed by atoms with Crippen LogP contribution in [-0.4, -0.2) is 42.9 Å². The molecule has 3 aromatic rings. The van der Waals surface area contributed by atoms with Crippen molar-refractivity contribution in [2.45, 2.75) is 12.8 Å². The standard InChI is InChI=1S/C17H16N6O3/c18-17(26)16(25)11(7-10-4-6-19-9-10)8-13(24)15-14(21-23-22-15)12-3-1-2-5-20-12/h1-6,9,11,19H,7-8H2,(H2,18,26)(H,21,22,23). The summed E-state index contributed by atoms with van der Waals surface area (Å²) in [5.74, 6) is -3.15. The molecule has 0 spiro atoms. The van der Waals surface area contributed by atoms with Crippen LogP contribution in [0.3, 0.4) is 0 Å². The zero-order valence-corrected chi connectivity index (χ0v) is 13.7. The van der Waals surface area contributed by atoms with E-state index in [0.717, 1.165) is 5.56 Å². The lowest BCUT2D eigenvalue weighted by Crippen LogP contribution is -2.32. The molecule has 0 radical (unpaired) electrons. The Bertz CT molecular complexity index is 917. The zero-order chi connectivity index (χ0) is 18.5. The first-order valence-corrected chi connectivity index (χ1v) is 7.87. The monoisotopic (exact) mass is 352 g/mol. The number of rotatable bonds is 8. The molecule has 1 atom stereocenters. The largest absolute Gasteiger partial charge is 0.367 e. The third kappa shape index (κ3) is 3.72. The summed E-state index contributed by atoms with van der Waals surface area (Å²) in [7, 11) is 0. The summed E-state index contributed by atoms with van der Waals surface area (Å²) in [6.07, 6.45) is 4.97. The number of carbonyl (C=O) groups is 3. The minimum Gasteiger partial charge on any atom is -0.367 e. The number of Topliss-reactive ketones (excluding diaryl/α,β-unsaturated/α-hetero) is 2. The molecule has 3 heterocycles. The van der Waals surface area contributed by atoms with Crippen molar-refractivity contribution >= 4 is 17.5 Å². The highest BCUT2D eigenvalue weighted by molar-refractivity contribution is 6.36. The number of amides is 1. The van der Waals surface area contributed by atoms with Gasteiger partial charge in [0, 0.05) is 30.9 Å². The van der Waals surface area contributed by atoms with Crippen LogP contribution in [0.1, 0.15) is 22.5 Å². The number of pyridine rings is 1. The van der Waals surface area contributed by atoms with Gasteiger partial charge in [-0.1, -0.05) is 6.07 Å². The zero-order valence-electron chi connectivity index (χ0n) is 13.7. The van der Waals surface area contributed by atoms with E-state index in [1.165, 1.54) is 0 Å². The first-order valence-electron chi connectivity index (χ1n) is 7.87. The molecule has 9 nitrogen and oxygen atoms in total. The van der Waals surface area contributed by atoms with Gasteiger partial charge in [-0.15, -0.1) is 0 Å². The van der Waals surface area contributed by atoms with Gasteiger partial charge in [0.25, 0.3) is 5.91 Å². The molecule has 0 aromatic carbocycles. The number of nitrogens with two attached hydrogens (primary N) is 1. The molecule has 0 fully saturated rings. The molecule has 4 N–H and O–H groups in total. The molecule has 3 aromatic heterocycles. The van der Waals surface area contributed by atoms with E-state index in [-0.39, 0.29) is 18.5 Å². The number of hydrogen-bond acceptors (Lipinski definition) is 6. The Labute approximate surface area is 148 Å². The Morgan fingerprint density at radius 3 is 2.65 bits per heavy atom. The van der Waals surface area contributed by atoms with Gasteiger partial charge in [-0.25, -0.2) is 0 Å². The number of hydrogen-bond donors (Lipinski definition) is 3. The second-order valence-electron chi connectivity index (χ2n) is 5.71. The number of primary amides is 1. The molecule has 0 aliphatic rings. The van der Waals surface area contributed by atoms with E-state index in [0.29, 0.717) is 11.4 Å². The van der Waals surface area contributed by atoms with E-state index in [4.69, 9.17) is 5.73 Å². The molecule has 9 heteroatoms. The van der Waals surface area contributed by atoms with Gasteiger partial charge >= 0.3 is 0 Å². The number of H-pyrrole nitrogens is 2. The number of aromatic amines is 2. The van der Waals surface area contributed by atoms with Crippen molar-refractivity contribution in [2.24, 2.45) is 11.7 Å². The van der Waals surface area contributed by atoms with Crippen molar-refractivity contribution in [2.75, 3.05) is 0 Å². The number of carbonyl (C=O) groups excluding carboxylic acids is 3. The lowest BCUT2D eigenvalue weighted by Gasteiger charge is -2.12. The van der Waals surface area contributed by atoms with E-state index < -0.39 is 23.4 Å². The molecule has 0 bridgehead atoms. The lowest BCUT2D eigenvalue weighted by atomic mass is 9.90. The average molecular weight is 352 g/mol. The van der Waals surface area contributed by atoms with Crippen molar-refractivity contribution in [3.8, 4) is 11.4 Å². The number of ketones is 2. The van der Waals surface area contributed by atoms with Gasteiger partial charge in [-0.3, -0.25) is 19.4 Å². The van der Waals surface area contributed by atoms with Crippen LogP contribution in [0, 0.1) is 5.92 Å². The normalized spacial score (nSPS) is 11.8.